The number of hydrogen-bond acceptors (Lipinski definition) is 4. The molecule has 92 valence electrons. The van der Waals surface area contributed by atoms with Gasteiger partial charge < -0.3 is 9.84 Å². The Morgan fingerprint density at radius 1 is 1.59 bits per heavy atom. The number of aromatic nitrogens is 2. The first-order chi connectivity index (χ1) is 8.02. The number of aromatic amines is 1. The predicted molar refractivity (Wildman–Crippen MR) is 56.2 cm³/mol. The lowest BCUT2D eigenvalue weighted by molar-refractivity contribution is -0.0215. The van der Waals surface area contributed by atoms with E-state index in [1.54, 1.807) is 0 Å². The van der Waals surface area contributed by atoms with Crippen molar-refractivity contribution in [1.29, 1.82) is 0 Å². The van der Waals surface area contributed by atoms with Crippen molar-refractivity contribution in [3.05, 3.63) is 44.5 Å². The monoisotopic (exact) mass is 242 g/mol. The first-order valence-electron chi connectivity index (χ1n) is 4.98. The van der Waals surface area contributed by atoms with Gasteiger partial charge in [0.25, 0.3) is 5.56 Å². The molecule has 1 aliphatic heterocycles. The van der Waals surface area contributed by atoms with Crippen molar-refractivity contribution in [3.8, 4) is 0 Å². The number of H-pyrrole nitrogens is 1. The number of nitrogens with zero attached hydrogens (tertiary/aromatic N) is 1. The Kier molecular flexibility index (Phi) is 2.95. The molecule has 1 aromatic heterocycles. The summed E-state index contributed by atoms with van der Waals surface area (Å²) in [5.74, 6) is -0.669. The third kappa shape index (κ3) is 2.06. The maximum atomic E-state index is 13.5. The van der Waals surface area contributed by atoms with Gasteiger partial charge in [-0.3, -0.25) is 14.3 Å². The van der Waals surface area contributed by atoms with Gasteiger partial charge in [0.1, 0.15) is 11.9 Å². The van der Waals surface area contributed by atoms with Crippen molar-refractivity contribution in [3.63, 3.8) is 0 Å². The van der Waals surface area contributed by atoms with Crippen molar-refractivity contribution >= 4 is 0 Å². The maximum absolute atomic E-state index is 13.5. The fourth-order valence-corrected chi connectivity index (χ4v) is 1.58. The summed E-state index contributed by atoms with van der Waals surface area (Å²) in [5.41, 5.74) is -1.01. The Bertz CT molecular complexity index is 574. The summed E-state index contributed by atoms with van der Waals surface area (Å²) < 4.78 is 19.5. The van der Waals surface area contributed by atoms with Crippen molar-refractivity contribution in [2.45, 2.75) is 19.3 Å². The topological polar surface area (TPSA) is 84.3 Å². The zero-order valence-electron chi connectivity index (χ0n) is 9.01. The SMILES string of the molecule is Cc1cn([C@@H]2O[C@H](CO)C=C2F)c(=O)[nH]c1=O. The zero-order valence-corrected chi connectivity index (χ0v) is 9.01. The normalized spacial score (nSPS) is 23.8. The van der Waals surface area contributed by atoms with Gasteiger partial charge in [-0.1, -0.05) is 0 Å². The van der Waals surface area contributed by atoms with E-state index in [1.165, 1.54) is 13.1 Å². The molecule has 1 aliphatic rings. The second-order valence-electron chi connectivity index (χ2n) is 3.74. The van der Waals surface area contributed by atoms with Crippen LogP contribution in [-0.2, 0) is 4.74 Å². The highest BCUT2D eigenvalue weighted by atomic mass is 19.1. The van der Waals surface area contributed by atoms with E-state index in [0.717, 1.165) is 10.6 Å². The molecule has 0 aromatic carbocycles. The molecule has 0 unspecified atom stereocenters. The first-order valence-corrected chi connectivity index (χ1v) is 4.98. The number of rotatable bonds is 2. The van der Waals surface area contributed by atoms with E-state index in [1.807, 2.05) is 0 Å². The molecule has 0 amide bonds. The van der Waals surface area contributed by atoms with Crippen LogP contribution >= 0.6 is 0 Å². The van der Waals surface area contributed by atoms with Crippen LogP contribution in [0.2, 0.25) is 0 Å². The van der Waals surface area contributed by atoms with Crippen LogP contribution in [0.3, 0.4) is 0 Å². The van der Waals surface area contributed by atoms with Crippen molar-refractivity contribution in [1.82, 2.24) is 9.55 Å². The number of nitrogens with one attached hydrogen (secondary N) is 1. The summed E-state index contributed by atoms with van der Waals surface area (Å²) in [6.45, 7) is 1.12. The first kappa shape index (κ1) is 11.7. The third-order valence-corrected chi connectivity index (χ3v) is 2.46. The summed E-state index contributed by atoms with van der Waals surface area (Å²) in [4.78, 5) is 24.7. The van der Waals surface area contributed by atoms with Crippen LogP contribution in [0.25, 0.3) is 0 Å². The second-order valence-corrected chi connectivity index (χ2v) is 3.74. The number of aryl methyl sites for hydroxylation is 1. The molecule has 0 saturated carbocycles. The van der Waals surface area contributed by atoms with E-state index < -0.39 is 29.4 Å². The molecule has 0 radical (unpaired) electrons. The minimum Gasteiger partial charge on any atom is -0.393 e. The Morgan fingerprint density at radius 3 is 2.88 bits per heavy atom. The van der Waals surface area contributed by atoms with E-state index in [2.05, 4.69) is 4.98 Å². The number of aliphatic hydroxyl groups excluding tert-OH is 1. The minimum absolute atomic E-state index is 0.272. The van der Waals surface area contributed by atoms with Gasteiger partial charge in [0, 0.05) is 11.8 Å². The van der Waals surface area contributed by atoms with E-state index in [9.17, 15) is 14.0 Å². The molecule has 7 heteroatoms. The highest BCUT2D eigenvalue weighted by Crippen LogP contribution is 2.28. The number of halogens is 1. The van der Waals surface area contributed by atoms with Gasteiger partial charge in [0.2, 0.25) is 0 Å². The van der Waals surface area contributed by atoms with Gasteiger partial charge in [0.05, 0.1) is 6.61 Å². The molecule has 0 spiro atoms. The number of hydrogen-bond donors (Lipinski definition) is 2. The molecule has 6 nitrogen and oxygen atoms in total. The zero-order chi connectivity index (χ0) is 12.6. The quantitative estimate of drug-likeness (QED) is 0.738. The van der Waals surface area contributed by atoms with Crippen molar-refractivity contribution in [2.24, 2.45) is 0 Å². The van der Waals surface area contributed by atoms with Crippen LogP contribution in [0.5, 0.6) is 0 Å². The molecule has 0 bridgehead atoms. The Hall–Kier alpha value is -1.73. The van der Waals surface area contributed by atoms with Crippen LogP contribution in [-0.4, -0.2) is 27.4 Å². The standard InChI is InChI=1S/C10H11FN2O4/c1-5-3-13(10(16)12-8(5)15)9-7(11)2-6(4-14)17-9/h2-3,6,9,14H,4H2,1H3,(H,12,15,16)/t6-,9+/m0/s1. The predicted octanol–water partition coefficient (Wildman–Crippen LogP) is -0.412. The maximum Gasteiger partial charge on any atom is 0.330 e. The van der Waals surface area contributed by atoms with Crippen LogP contribution in [0.4, 0.5) is 4.39 Å². The summed E-state index contributed by atoms with van der Waals surface area (Å²) in [5, 5.41) is 8.84. The molecule has 2 rings (SSSR count). The molecule has 0 saturated heterocycles. The molecular weight excluding hydrogens is 231 g/mol. The van der Waals surface area contributed by atoms with Gasteiger partial charge in [-0.05, 0) is 13.0 Å². The van der Waals surface area contributed by atoms with E-state index in [4.69, 9.17) is 9.84 Å². The lowest BCUT2D eigenvalue weighted by Gasteiger charge is -2.15. The average molecular weight is 242 g/mol. The Labute approximate surface area is 95.0 Å². The number of aliphatic hydroxyl groups is 1. The largest absolute Gasteiger partial charge is 0.393 e. The van der Waals surface area contributed by atoms with Crippen LogP contribution in [0.15, 0.2) is 27.7 Å². The molecule has 17 heavy (non-hydrogen) atoms. The summed E-state index contributed by atoms with van der Waals surface area (Å²) >= 11 is 0. The second kappa shape index (κ2) is 4.27. The van der Waals surface area contributed by atoms with Crippen LogP contribution in [0, 0.1) is 6.92 Å². The molecular formula is C10H11FN2O4. The molecule has 2 N–H and O–H groups in total. The van der Waals surface area contributed by atoms with Crippen molar-refractivity contribution in [2.75, 3.05) is 6.61 Å². The van der Waals surface area contributed by atoms with E-state index >= 15 is 0 Å². The summed E-state index contributed by atoms with van der Waals surface area (Å²) in [6, 6.07) is 0. The Morgan fingerprint density at radius 2 is 2.29 bits per heavy atom. The summed E-state index contributed by atoms with van der Waals surface area (Å²) in [6.07, 6.45) is 0.311. The molecule has 2 heterocycles. The third-order valence-electron chi connectivity index (χ3n) is 2.46. The van der Waals surface area contributed by atoms with Gasteiger partial charge in [0.15, 0.2) is 6.23 Å². The van der Waals surface area contributed by atoms with Crippen LogP contribution < -0.4 is 11.2 Å². The van der Waals surface area contributed by atoms with Gasteiger partial charge in [-0.2, -0.15) is 0 Å². The highest BCUT2D eigenvalue weighted by Gasteiger charge is 2.29. The summed E-state index contributed by atoms with van der Waals surface area (Å²) in [7, 11) is 0. The lowest BCUT2D eigenvalue weighted by atomic mass is 10.3. The van der Waals surface area contributed by atoms with Crippen LogP contribution in [0.1, 0.15) is 11.8 Å². The fourth-order valence-electron chi connectivity index (χ4n) is 1.58. The van der Waals surface area contributed by atoms with Crippen molar-refractivity contribution < 1.29 is 14.2 Å². The van der Waals surface area contributed by atoms with Gasteiger partial charge >= 0.3 is 5.69 Å². The average Bonchev–Trinajstić information content (AvgIpc) is 2.65. The fraction of sp³-hybridized carbons (Fsp3) is 0.400. The minimum atomic E-state index is -1.23. The Balaban J connectivity index is 2.43. The van der Waals surface area contributed by atoms with E-state index in [0.29, 0.717) is 0 Å². The molecule has 0 fully saturated rings. The van der Waals surface area contributed by atoms with Gasteiger partial charge in [-0.25, -0.2) is 9.18 Å². The van der Waals surface area contributed by atoms with Gasteiger partial charge in [-0.15, -0.1) is 0 Å². The molecule has 0 aliphatic carbocycles. The van der Waals surface area contributed by atoms with E-state index in [-0.39, 0.29) is 12.2 Å². The molecule has 1 aromatic rings. The smallest absolute Gasteiger partial charge is 0.330 e. The number of ether oxygens (including phenoxy) is 1. The lowest BCUT2D eigenvalue weighted by Crippen LogP contribution is -2.34. The highest BCUT2D eigenvalue weighted by molar-refractivity contribution is 5.10. The molecule has 2 atom stereocenters.